The zero-order valence-corrected chi connectivity index (χ0v) is 13.6. The Balaban J connectivity index is 1.81. The van der Waals surface area contributed by atoms with Gasteiger partial charge in [0.1, 0.15) is 6.67 Å². The fraction of sp³-hybridized carbons (Fsp3) is 0.375. The largest absolute Gasteiger partial charge is 0.477 e. The van der Waals surface area contributed by atoms with E-state index in [1.165, 1.54) is 6.07 Å². The summed E-state index contributed by atoms with van der Waals surface area (Å²) in [5.41, 5.74) is -2.21. The lowest BCUT2D eigenvalue weighted by Crippen LogP contribution is -2.62. The molecule has 2 bridgehead atoms. The SMILES string of the molecule is N#Cc1ccc(N2C(=O)C3C[N@@]4CC(C(=O)O)[N+]3(C4)C2=O)cc1C(F)(F)F. The van der Waals surface area contributed by atoms with Gasteiger partial charge in [0.25, 0.3) is 5.91 Å². The van der Waals surface area contributed by atoms with Gasteiger partial charge >= 0.3 is 18.2 Å². The number of urea groups is 1. The lowest BCUT2D eigenvalue weighted by Gasteiger charge is -2.30. The molecule has 140 valence electrons. The number of nitriles is 1. The third kappa shape index (κ3) is 2.14. The van der Waals surface area contributed by atoms with Crippen molar-refractivity contribution in [3.63, 3.8) is 0 Å². The average Bonchev–Trinajstić information content (AvgIpc) is 3.23. The van der Waals surface area contributed by atoms with E-state index in [0.717, 1.165) is 12.1 Å². The molecule has 1 N–H and O–H groups in total. The molecule has 3 heterocycles. The minimum absolute atomic E-state index is 0.0329. The van der Waals surface area contributed by atoms with E-state index in [1.807, 2.05) is 0 Å². The van der Waals surface area contributed by atoms with Crippen molar-refractivity contribution in [2.45, 2.75) is 18.3 Å². The van der Waals surface area contributed by atoms with Gasteiger partial charge in [-0.15, -0.1) is 0 Å². The van der Waals surface area contributed by atoms with Crippen molar-refractivity contribution in [1.82, 2.24) is 4.90 Å². The van der Waals surface area contributed by atoms with Crippen LogP contribution >= 0.6 is 0 Å². The number of benzene rings is 1. The normalized spacial score (nSPS) is 31.9. The van der Waals surface area contributed by atoms with Gasteiger partial charge in [-0.25, -0.2) is 19.0 Å². The summed E-state index contributed by atoms with van der Waals surface area (Å²) in [5.74, 6) is -1.97. The molecule has 3 aliphatic rings. The molecular formula is C16H12F3N4O4+. The number of piperazine rings is 1. The molecule has 4 rings (SSSR count). The van der Waals surface area contributed by atoms with Crippen molar-refractivity contribution in [2.24, 2.45) is 0 Å². The van der Waals surface area contributed by atoms with Crippen molar-refractivity contribution < 1.29 is 37.1 Å². The zero-order valence-electron chi connectivity index (χ0n) is 13.6. The summed E-state index contributed by atoms with van der Waals surface area (Å²) in [4.78, 5) is 39.7. The molecule has 0 aromatic heterocycles. The number of alkyl halides is 3. The van der Waals surface area contributed by atoms with E-state index in [0.29, 0.717) is 11.0 Å². The highest BCUT2D eigenvalue weighted by Crippen LogP contribution is 2.44. The molecule has 3 fully saturated rings. The molecule has 1 aromatic rings. The number of rotatable bonds is 2. The second kappa shape index (κ2) is 5.28. The van der Waals surface area contributed by atoms with Gasteiger partial charge in [0, 0.05) is 0 Å². The Morgan fingerprint density at radius 3 is 2.59 bits per heavy atom. The number of carboxylic acids is 1. The minimum Gasteiger partial charge on any atom is -0.477 e. The number of hydrogen-bond acceptors (Lipinski definition) is 5. The van der Waals surface area contributed by atoms with Crippen LogP contribution in [-0.4, -0.2) is 64.2 Å². The summed E-state index contributed by atoms with van der Waals surface area (Å²) < 4.78 is 39.0. The molecule has 1 aromatic carbocycles. The zero-order chi connectivity index (χ0) is 19.7. The van der Waals surface area contributed by atoms with Crippen LogP contribution in [0, 0.1) is 11.3 Å². The Bertz CT molecular complexity index is 941. The Kier molecular flexibility index (Phi) is 3.41. The van der Waals surface area contributed by atoms with Gasteiger partial charge in [-0.05, 0) is 18.2 Å². The van der Waals surface area contributed by atoms with E-state index >= 15 is 0 Å². The third-order valence-corrected chi connectivity index (χ3v) is 5.43. The molecule has 3 amide bonds. The highest BCUT2D eigenvalue weighted by Gasteiger charge is 2.73. The second-order valence-electron chi connectivity index (χ2n) is 6.77. The second-order valence-corrected chi connectivity index (χ2v) is 6.77. The smallest absolute Gasteiger partial charge is 0.433 e. The summed E-state index contributed by atoms with van der Waals surface area (Å²) in [6.07, 6.45) is -4.84. The van der Waals surface area contributed by atoms with Gasteiger partial charge in [-0.1, -0.05) is 0 Å². The summed E-state index contributed by atoms with van der Waals surface area (Å²) in [6, 6.07) is 1.04. The number of quaternary nitrogens is 1. The van der Waals surface area contributed by atoms with Gasteiger partial charge in [0.2, 0.25) is 6.04 Å². The number of nitrogens with zero attached hydrogens (tertiary/aromatic N) is 4. The lowest BCUT2D eigenvalue weighted by atomic mass is 10.1. The highest BCUT2D eigenvalue weighted by atomic mass is 19.4. The molecule has 3 unspecified atom stereocenters. The van der Waals surface area contributed by atoms with Crippen LogP contribution in [0.2, 0.25) is 0 Å². The van der Waals surface area contributed by atoms with Crippen LogP contribution in [0.1, 0.15) is 11.1 Å². The maximum absolute atomic E-state index is 13.2. The van der Waals surface area contributed by atoms with E-state index in [4.69, 9.17) is 5.26 Å². The molecule has 0 radical (unpaired) electrons. The minimum atomic E-state index is -4.84. The lowest BCUT2D eigenvalue weighted by molar-refractivity contribution is -0.853. The van der Waals surface area contributed by atoms with Crippen LogP contribution in [-0.2, 0) is 15.8 Å². The molecule has 11 heteroatoms. The van der Waals surface area contributed by atoms with Gasteiger partial charge in [-0.3, -0.25) is 4.79 Å². The van der Waals surface area contributed by atoms with E-state index < -0.39 is 51.8 Å². The number of hydrogen-bond donors (Lipinski definition) is 1. The number of imide groups is 1. The maximum atomic E-state index is 13.2. The molecule has 27 heavy (non-hydrogen) atoms. The summed E-state index contributed by atoms with van der Waals surface area (Å²) in [6.45, 7) is 0.304. The predicted molar refractivity (Wildman–Crippen MR) is 81.0 cm³/mol. The summed E-state index contributed by atoms with van der Waals surface area (Å²) in [5, 5.41) is 18.3. The number of anilines is 1. The first-order chi connectivity index (χ1) is 12.6. The van der Waals surface area contributed by atoms with E-state index in [1.54, 1.807) is 4.90 Å². The molecular weight excluding hydrogens is 369 g/mol. The number of halogens is 3. The van der Waals surface area contributed by atoms with Gasteiger partial charge in [0.05, 0.1) is 36.0 Å². The predicted octanol–water partition coefficient (Wildman–Crippen LogP) is 0.969. The Morgan fingerprint density at radius 2 is 2.00 bits per heavy atom. The first kappa shape index (κ1) is 17.4. The van der Waals surface area contributed by atoms with Crippen LogP contribution < -0.4 is 4.90 Å². The number of aliphatic carboxylic acids is 1. The van der Waals surface area contributed by atoms with Crippen LogP contribution in [0.5, 0.6) is 0 Å². The third-order valence-electron chi connectivity index (χ3n) is 5.43. The molecule has 1 spiro atoms. The van der Waals surface area contributed by atoms with Crippen LogP contribution in [0.3, 0.4) is 0 Å². The first-order valence-electron chi connectivity index (χ1n) is 7.93. The molecule has 8 nitrogen and oxygen atoms in total. The van der Waals surface area contributed by atoms with Crippen molar-refractivity contribution in [3.05, 3.63) is 29.3 Å². The van der Waals surface area contributed by atoms with E-state index in [9.17, 15) is 32.7 Å². The van der Waals surface area contributed by atoms with Crippen LogP contribution in [0.25, 0.3) is 0 Å². The average molecular weight is 381 g/mol. The monoisotopic (exact) mass is 381 g/mol. The number of carbonyl (C=O) groups excluding carboxylic acids is 2. The fourth-order valence-corrected chi connectivity index (χ4v) is 4.26. The summed E-state index contributed by atoms with van der Waals surface area (Å²) in [7, 11) is 0. The number of carbonyl (C=O) groups is 3. The number of carboxylic acid groups (broad SMARTS) is 1. The number of amides is 3. The first-order valence-corrected chi connectivity index (χ1v) is 7.93. The quantitative estimate of drug-likeness (QED) is 0.605. The van der Waals surface area contributed by atoms with Crippen molar-refractivity contribution in [2.75, 3.05) is 24.7 Å². The van der Waals surface area contributed by atoms with Crippen molar-refractivity contribution >= 4 is 23.6 Å². The molecule has 4 atom stereocenters. The van der Waals surface area contributed by atoms with Crippen LogP contribution in [0.15, 0.2) is 18.2 Å². The highest BCUT2D eigenvalue weighted by molar-refractivity contribution is 6.18. The summed E-state index contributed by atoms with van der Waals surface area (Å²) >= 11 is 0. The van der Waals surface area contributed by atoms with Crippen LogP contribution in [0.4, 0.5) is 23.7 Å². The Hall–Kier alpha value is -2.97. The Labute approximate surface area is 150 Å². The fourth-order valence-electron chi connectivity index (χ4n) is 4.26. The molecule has 0 aliphatic carbocycles. The standard InChI is InChI=1S/C16H11F3N4O4/c17-16(18,19)10-3-9(2-1-8(10)4-20)22-13(24)11-5-21-6-12(14(25)26)23(11,7-21)15(22)27/h1-3,11-12H,5-7H2/p+1. The molecule has 3 saturated heterocycles. The van der Waals surface area contributed by atoms with Gasteiger partial charge < -0.3 is 5.11 Å². The van der Waals surface area contributed by atoms with Gasteiger partial charge in [0.15, 0.2) is 6.04 Å². The van der Waals surface area contributed by atoms with E-state index in [-0.39, 0.29) is 25.4 Å². The van der Waals surface area contributed by atoms with Crippen molar-refractivity contribution in [1.29, 1.82) is 5.26 Å². The van der Waals surface area contributed by atoms with E-state index in [2.05, 4.69) is 0 Å². The molecule has 0 saturated carbocycles. The topological polar surface area (TPSA) is 102 Å². The number of fused-ring (bicyclic) bond motifs is 1. The van der Waals surface area contributed by atoms with Gasteiger partial charge in [-0.2, -0.15) is 23.3 Å². The molecule has 3 aliphatic heterocycles. The van der Waals surface area contributed by atoms with Crippen molar-refractivity contribution in [3.8, 4) is 6.07 Å². The Morgan fingerprint density at radius 1 is 1.30 bits per heavy atom. The maximum Gasteiger partial charge on any atom is 0.433 e.